The maximum atomic E-state index is 5.39. The normalized spacial score (nSPS) is 10.3. The molecule has 1 atom stereocenters. The Hall–Kier alpha value is -0.120. The van der Waals surface area contributed by atoms with Crippen LogP contribution in [0.5, 0.6) is 0 Å². The molecule has 0 aliphatic rings. The van der Waals surface area contributed by atoms with E-state index in [9.17, 15) is 0 Å². The van der Waals surface area contributed by atoms with Gasteiger partial charge in [0.25, 0.3) is 0 Å². The zero-order valence-corrected chi connectivity index (χ0v) is 8.67. The Bertz CT molecular complexity index is 99.9. The van der Waals surface area contributed by atoms with E-state index in [1.165, 1.54) is 0 Å². The van der Waals surface area contributed by atoms with Crippen LogP contribution in [0.3, 0.4) is 0 Å². The Balaban J connectivity index is -0.000000101. The van der Waals surface area contributed by atoms with Gasteiger partial charge in [-0.15, -0.1) is 0 Å². The molecular weight excluding hydrogens is 202 g/mol. The number of hydrogen-bond acceptors (Lipinski definition) is 3. The first-order valence-electron chi connectivity index (χ1n) is 4.49. The Morgan fingerprint density at radius 3 is 1.94 bits per heavy atom. The molecule has 0 saturated heterocycles. The predicted molar refractivity (Wildman–Crippen MR) is 77.4 cm³/mol. The van der Waals surface area contributed by atoms with Crippen LogP contribution in [0.1, 0.15) is 43.6 Å². The van der Waals surface area contributed by atoms with Gasteiger partial charge in [0.2, 0.25) is 0 Å². The van der Waals surface area contributed by atoms with Gasteiger partial charge < -0.3 is 14.4 Å². The first-order valence-corrected chi connectivity index (χ1v) is 4.49. The van der Waals surface area contributed by atoms with Gasteiger partial charge in [0.05, 0.1) is 19.8 Å². The van der Waals surface area contributed by atoms with Crippen LogP contribution < -0.4 is 0 Å². The highest BCUT2D eigenvalue weighted by Crippen LogP contribution is 1.94. The van der Waals surface area contributed by atoms with Gasteiger partial charge in [0.15, 0.2) is 0 Å². The van der Waals surface area contributed by atoms with E-state index in [1.807, 2.05) is 0 Å². The number of ether oxygens (including phenoxy) is 2. The van der Waals surface area contributed by atoms with Gasteiger partial charge in [0.1, 0.15) is 0 Å². The third-order valence-corrected chi connectivity index (χ3v) is 2.04. The molecule has 0 aliphatic heterocycles. The van der Waals surface area contributed by atoms with Crippen molar-refractivity contribution < 1.29 is 9.47 Å². The second-order valence-corrected chi connectivity index (χ2v) is 2.99. The average molecular weight is 239 g/mol. The van der Waals surface area contributed by atoms with Crippen LogP contribution >= 0.6 is 0 Å². The highest BCUT2D eigenvalue weighted by atomic mass is 16.5. The molecule has 3 heteroatoms. The van der Waals surface area contributed by atoms with E-state index in [0.717, 1.165) is 13.2 Å². The monoisotopic (exact) mass is 239 g/mol. The molecule has 16 heavy (non-hydrogen) atoms. The van der Waals surface area contributed by atoms with Crippen LogP contribution in [0, 0.1) is 0 Å². The van der Waals surface area contributed by atoms with Gasteiger partial charge in [-0.1, -0.05) is 36.6 Å². The first kappa shape index (κ1) is 29.7. The summed E-state index contributed by atoms with van der Waals surface area (Å²) in [5.74, 6) is 0. The molecule has 0 rings (SSSR count). The molecule has 0 spiro atoms. The fraction of sp³-hybridized carbons (Fsp3) is 1.00. The van der Waals surface area contributed by atoms with Crippen molar-refractivity contribution in [3.8, 4) is 0 Å². The minimum absolute atomic E-state index is 0. The molecule has 0 N–H and O–H groups in total. The van der Waals surface area contributed by atoms with Crippen LogP contribution in [0.4, 0.5) is 0 Å². The molecule has 0 aliphatic carbocycles. The number of likely N-dealkylation sites (N-methyl/N-ethyl adjacent to an activating group) is 1. The van der Waals surface area contributed by atoms with E-state index in [2.05, 4.69) is 25.8 Å². The molecule has 0 radical (unpaired) electrons. The molecule has 3 nitrogen and oxygen atoms in total. The highest BCUT2D eigenvalue weighted by Gasteiger charge is 2.05. The standard InChI is InChI=1S/C9H21NO2.4CH4/c1-5-10(3)9(2)8-12-7-6-11-4;;;;/h9H,5-8H2,1-4H3;4*1H4. The van der Waals surface area contributed by atoms with Crippen LogP contribution in [-0.4, -0.2) is 51.5 Å². The van der Waals surface area contributed by atoms with Gasteiger partial charge >= 0.3 is 0 Å². The maximum absolute atomic E-state index is 5.39. The van der Waals surface area contributed by atoms with E-state index in [4.69, 9.17) is 9.47 Å². The molecule has 106 valence electrons. The predicted octanol–water partition coefficient (Wildman–Crippen LogP) is 3.53. The minimum atomic E-state index is 0. The summed E-state index contributed by atoms with van der Waals surface area (Å²) in [5.41, 5.74) is 0. The molecule has 0 bridgehead atoms. The maximum Gasteiger partial charge on any atom is 0.0701 e. The molecule has 0 amide bonds. The zero-order valence-electron chi connectivity index (χ0n) is 8.67. The molecule has 1 unspecified atom stereocenters. The van der Waals surface area contributed by atoms with Gasteiger partial charge in [-0.25, -0.2) is 0 Å². The average Bonchev–Trinajstić information content (AvgIpc) is 2.10. The fourth-order valence-corrected chi connectivity index (χ4v) is 0.835. The van der Waals surface area contributed by atoms with Crippen molar-refractivity contribution in [2.45, 2.75) is 49.6 Å². The van der Waals surface area contributed by atoms with E-state index >= 15 is 0 Å². The van der Waals surface area contributed by atoms with Gasteiger partial charge in [-0.3, -0.25) is 0 Å². The van der Waals surface area contributed by atoms with Crippen molar-refractivity contribution in [2.75, 3.05) is 40.5 Å². The van der Waals surface area contributed by atoms with E-state index in [-0.39, 0.29) is 29.7 Å². The SMILES string of the molecule is C.C.C.C.CCN(C)C(C)COCCOC. The lowest BCUT2D eigenvalue weighted by Crippen LogP contribution is -2.33. The van der Waals surface area contributed by atoms with E-state index in [1.54, 1.807) is 7.11 Å². The molecule has 0 aromatic heterocycles. The molecular formula is C13H37NO2. The third-order valence-electron chi connectivity index (χ3n) is 2.04. The third kappa shape index (κ3) is 16.3. The van der Waals surface area contributed by atoms with Gasteiger partial charge in [0, 0.05) is 13.2 Å². The number of nitrogens with zero attached hydrogens (tertiary/aromatic N) is 1. The second kappa shape index (κ2) is 20.3. The summed E-state index contributed by atoms with van der Waals surface area (Å²) >= 11 is 0. The summed E-state index contributed by atoms with van der Waals surface area (Å²) in [5, 5.41) is 0. The lowest BCUT2D eigenvalue weighted by molar-refractivity contribution is 0.0416. The topological polar surface area (TPSA) is 21.7 Å². The lowest BCUT2D eigenvalue weighted by Gasteiger charge is -2.22. The fourth-order valence-electron chi connectivity index (χ4n) is 0.835. The van der Waals surface area contributed by atoms with Crippen molar-refractivity contribution in [3.63, 3.8) is 0 Å². The van der Waals surface area contributed by atoms with E-state index < -0.39 is 0 Å². The Kier molecular flexibility index (Phi) is 37.7. The second-order valence-electron chi connectivity index (χ2n) is 2.99. The summed E-state index contributed by atoms with van der Waals surface area (Å²) in [7, 11) is 3.79. The van der Waals surface area contributed by atoms with E-state index in [0.29, 0.717) is 19.3 Å². The van der Waals surface area contributed by atoms with Gasteiger partial charge in [-0.05, 0) is 20.5 Å². The van der Waals surface area contributed by atoms with Crippen LogP contribution in [0.2, 0.25) is 0 Å². The molecule has 0 saturated carbocycles. The summed E-state index contributed by atoms with van der Waals surface area (Å²) in [4.78, 5) is 2.26. The largest absolute Gasteiger partial charge is 0.382 e. The Morgan fingerprint density at radius 2 is 1.56 bits per heavy atom. The number of methoxy groups -OCH3 is 1. The molecule has 0 aromatic carbocycles. The van der Waals surface area contributed by atoms with Crippen molar-refractivity contribution in [1.82, 2.24) is 4.90 Å². The lowest BCUT2D eigenvalue weighted by atomic mass is 10.3. The minimum Gasteiger partial charge on any atom is -0.382 e. The van der Waals surface area contributed by atoms with Crippen LogP contribution in [0.25, 0.3) is 0 Å². The highest BCUT2D eigenvalue weighted by molar-refractivity contribution is 4.59. The summed E-state index contributed by atoms with van der Waals surface area (Å²) in [6.45, 7) is 7.53. The molecule has 0 heterocycles. The summed E-state index contributed by atoms with van der Waals surface area (Å²) < 4.78 is 10.3. The van der Waals surface area contributed by atoms with Crippen molar-refractivity contribution in [2.24, 2.45) is 0 Å². The van der Waals surface area contributed by atoms with Crippen molar-refractivity contribution in [1.29, 1.82) is 0 Å². The first-order chi connectivity index (χ1) is 5.72. The quantitative estimate of drug-likeness (QED) is 0.634. The molecule has 0 fully saturated rings. The Labute approximate surface area is 105 Å². The van der Waals surface area contributed by atoms with Crippen molar-refractivity contribution in [3.05, 3.63) is 0 Å². The van der Waals surface area contributed by atoms with Crippen molar-refractivity contribution >= 4 is 0 Å². The molecule has 0 aromatic rings. The van der Waals surface area contributed by atoms with Gasteiger partial charge in [-0.2, -0.15) is 0 Å². The number of rotatable bonds is 7. The Morgan fingerprint density at radius 1 is 1.06 bits per heavy atom. The zero-order chi connectivity index (χ0) is 9.40. The number of hydrogen-bond donors (Lipinski definition) is 0. The smallest absolute Gasteiger partial charge is 0.0701 e. The summed E-state index contributed by atoms with van der Waals surface area (Å²) in [6.07, 6.45) is 0. The van der Waals surface area contributed by atoms with Crippen LogP contribution in [-0.2, 0) is 9.47 Å². The summed E-state index contributed by atoms with van der Waals surface area (Å²) in [6, 6.07) is 0.492. The van der Waals surface area contributed by atoms with Crippen LogP contribution in [0.15, 0.2) is 0 Å².